The number of aromatic nitrogens is 2. The number of thioether (sulfide) groups is 1. The number of benzene rings is 3. The number of fused-ring (bicyclic) bond motifs is 1. The SMILES string of the molecule is COc1ccc(C)cc1NC(=O)CSc1[nH]c2ccccc2[n+]1Cc1ccccc1. The van der Waals surface area contributed by atoms with Gasteiger partial charge in [-0.05, 0) is 54.1 Å². The van der Waals surface area contributed by atoms with Crippen molar-refractivity contribution in [1.82, 2.24) is 4.98 Å². The van der Waals surface area contributed by atoms with Crippen LogP contribution in [-0.2, 0) is 11.3 Å². The molecule has 0 spiro atoms. The van der Waals surface area contributed by atoms with E-state index in [1.807, 2.05) is 55.5 Å². The average molecular weight is 419 g/mol. The molecule has 0 unspecified atom stereocenters. The summed E-state index contributed by atoms with van der Waals surface area (Å²) in [4.78, 5) is 16.1. The Kier molecular flexibility index (Phi) is 6.05. The zero-order chi connectivity index (χ0) is 20.9. The summed E-state index contributed by atoms with van der Waals surface area (Å²) in [6.45, 7) is 2.72. The van der Waals surface area contributed by atoms with Crippen LogP contribution in [-0.4, -0.2) is 23.8 Å². The number of anilines is 1. The summed E-state index contributed by atoms with van der Waals surface area (Å²) in [5.41, 5.74) is 5.14. The van der Waals surface area contributed by atoms with Gasteiger partial charge in [0.25, 0.3) is 0 Å². The molecule has 4 aromatic rings. The number of ether oxygens (including phenoxy) is 1. The molecule has 1 amide bonds. The Labute approximate surface area is 180 Å². The van der Waals surface area contributed by atoms with Crippen LogP contribution in [0.25, 0.3) is 11.0 Å². The number of hydrogen-bond acceptors (Lipinski definition) is 3. The highest BCUT2D eigenvalue weighted by atomic mass is 32.2. The van der Waals surface area contributed by atoms with Gasteiger partial charge in [0.1, 0.15) is 12.3 Å². The Morgan fingerprint density at radius 2 is 1.83 bits per heavy atom. The summed E-state index contributed by atoms with van der Waals surface area (Å²) in [6.07, 6.45) is 0. The standard InChI is InChI=1S/C24H23N3O2S/c1-17-12-13-22(29-2)20(14-17)25-23(28)16-30-24-26-19-10-6-7-11-21(19)27(24)15-18-8-4-3-5-9-18/h3-14H,15-16H2,1-2H3,(H,25,28)/p+1. The second-order valence-corrected chi connectivity index (χ2v) is 8.02. The van der Waals surface area contributed by atoms with Gasteiger partial charge in [-0.3, -0.25) is 4.79 Å². The second-order valence-electron chi connectivity index (χ2n) is 7.06. The molecular formula is C24H24N3O2S+. The maximum absolute atomic E-state index is 12.6. The fourth-order valence-electron chi connectivity index (χ4n) is 3.38. The third-order valence-electron chi connectivity index (χ3n) is 4.83. The number of nitrogens with zero attached hydrogens (tertiary/aromatic N) is 1. The number of rotatable bonds is 7. The van der Waals surface area contributed by atoms with Crippen LogP contribution in [0.2, 0.25) is 0 Å². The van der Waals surface area contributed by atoms with Crippen molar-refractivity contribution in [2.24, 2.45) is 0 Å². The highest BCUT2D eigenvalue weighted by Crippen LogP contribution is 2.26. The Bertz CT molecular complexity index is 1170. The molecule has 0 fully saturated rings. The molecule has 0 saturated heterocycles. The van der Waals surface area contributed by atoms with Crippen molar-refractivity contribution >= 4 is 34.4 Å². The fourth-order valence-corrected chi connectivity index (χ4v) is 4.22. The summed E-state index contributed by atoms with van der Waals surface area (Å²) < 4.78 is 7.58. The van der Waals surface area contributed by atoms with E-state index in [0.717, 1.165) is 28.3 Å². The maximum Gasteiger partial charge on any atom is 0.317 e. The monoisotopic (exact) mass is 418 g/mol. The highest BCUT2D eigenvalue weighted by Gasteiger charge is 2.20. The van der Waals surface area contributed by atoms with Gasteiger partial charge < -0.3 is 10.1 Å². The van der Waals surface area contributed by atoms with Crippen LogP contribution in [0, 0.1) is 6.92 Å². The molecule has 0 saturated carbocycles. The first-order valence-electron chi connectivity index (χ1n) is 9.76. The number of aryl methyl sites for hydroxylation is 1. The first-order chi connectivity index (χ1) is 14.6. The minimum atomic E-state index is -0.0752. The summed E-state index contributed by atoms with van der Waals surface area (Å²) in [7, 11) is 1.60. The summed E-state index contributed by atoms with van der Waals surface area (Å²) in [5, 5.41) is 3.92. The Balaban J connectivity index is 1.53. The van der Waals surface area contributed by atoms with E-state index in [9.17, 15) is 4.79 Å². The molecule has 2 N–H and O–H groups in total. The van der Waals surface area contributed by atoms with Gasteiger partial charge in [0.15, 0.2) is 11.0 Å². The van der Waals surface area contributed by atoms with E-state index in [2.05, 4.69) is 39.1 Å². The minimum absolute atomic E-state index is 0.0752. The van der Waals surface area contributed by atoms with E-state index in [1.165, 1.54) is 17.3 Å². The topological polar surface area (TPSA) is 58.0 Å². The lowest BCUT2D eigenvalue weighted by molar-refractivity contribution is -0.700. The molecule has 0 aliphatic carbocycles. The van der Waals surface area contributed by atoms with Gasteiger partial charge in [-0.15, -0.1) is 0 Å². The van der Waals surface area contributed by atoms with E-state index >= 15 is 0 Å². The fraction of sp³-hybridized carbons (Fsp3) is 0.167. The molecule has 0 aliphatic heterocycles. The van der Waals surface area contributed by atoms with Gasteiger partial charge in [-0.25, -0.2) is 9.55 Å². The quantitative estimate of drug-likeness (QED) is 0.342. The van der Waals surface area contributed by atoms with Gasteiger partial charge in [-0.1, -0.05) is 48.5 Å². The summed E-state index contributed by atoms with van der Waals surface area (Å²) >= 11 is 1.49. The van der Waals surface area contributed by atoms with Crippen molar-refractivity contribution in [1.29, 1.82) is 0 Å². The number of methoxy groups -OCH3 is 1. The number of imidazole rings is 1. The highest BCUT2D eigenvalue weighted by molar-refractivity contribution is 7.99. The molecule has 6 heteroatoms. The number of carbonyl (C=O) groups excluding carboxylic acids is 1. The zero-order valence-corrected chi connectivity index (χ0v) is 17.8. The molecule has 152 valence electrons. The number of nitrogens with one attached hydrogen (secondary N) is 2. The Morgan fingerprint density at radius 1 is 1.07 bits per heavy atom. The summed E-state index contributed by atoms with van der Waals surface area (Å²) in [6, 6.07) is 24.3. The maximum atomic E-state index is 12.6. The summed E-state index contributed by atoms with van der Waals surface area (Å²) in [5.74, 6) is 0.871. The van der Waals surface area contributed by atoms with E-state index in [1.54, 1.807) is 7.11 Å². The van der Waals surface area contributed by atoms with Crippen molar-refractivity contribution in [2.75, 3.05) is 18.2 Å². The number of carbonyl (C=O) groups is 1. The predicted molar refractivity (Wildman–Crippen MR) is 121 cm³/mol. The van der Waals surface area contributed by atoms with E-state index in [4.69, 9.17) is 4.74 Å². The molecule has 0 radical (unpaired) electrons. The van der Waals surface area contributed by atoms with Gasteiger partial charge in [0.05, 0.1) is 18.6 Å². The molecule has 1 aromatic heterocycles. The van der Waals surface area contributed by atoms with Gasteiger partial charge in [0, 0.05) is 0 Å². The van der Waals surface area contributed by atoms with Crippen LogP contribution in [0.5, 0.6) is 5.75 Å². The van der Waals surface area contributed by atoms with E-state index in [-0.39, 0.29) is 5.91 Å². The van der Waals surface area contributed by atoms with Gasteiger partial charge >= 0.3 is 5.16 Å². The second kappa shape index (κ2) is 9.05. The van der Waals surface area contributed by atoms with Crippen LogP contribution < -0.4 is 14.6 Å². The Hall–Kier alpha value is -3.25. The number of H-pyrrole nitrogens is 1. The van der Waals surface area contributed by atoms with Crippen molar-refractivity contribution in [3.63, 3.8) is 0 Å². The molecular weight excluding hydrogens is 394 g/mol. The predicted octanol–water partition coefficient (Wildman–Crippen LogP) is 4.55. The van der Waals surface area contributed by atoms with Crippen molar-refractivity contribution in [3.05, 3.63) is 83.9 Å². The number of amides is 1. The van der Waals surface area contributed by atoms with E-state index < -0.39 is 0 Å². The third kappa shape index (κ3) is 4.49. The normalized spacial score (nSPS) is 10.9. The molecule has 5 nitrogen and oxygen atoms in total. The van der Waals surface area contributed by atoms with Crippen molar-refractivity contribution < 1.29 is 14.1 Å². The third-order valence-corrected chi connectivity index (χ3v) is 5.84. The molecule has 4 rings (SSSR count). The average Bonchev–Trinajstić information content (AvgIpc) is 3.11. The van der Waals surface area contributed by atoms with Crippen LogP contribution in [0.15, 0.2) is 78.0 Å². The number of para-hydroxylation sites is 2. The Morgan fingerprint density at radius 3 is 2.63 bits per heavy atom. The molecule has 0 atom stereocenters. The lowest BCUT2D eigenvalue weighted by atomic mass is 10.2. The molecule has 3 aromatic carbocycles. The van der Waals surface area contributed by atoms with Crippen LogP contribution in [0.1, 0.15) is 11.1 Å². The first-order valence-corrected chi connectivity index (χ1v) is 10.7. The lowest BCUT2D eigenvalue weighted by Gasteiger charge is -2.10. The molecule has 0 aliphatic rings. The first kappa shape index (κ1) is 20.0. The van der Waals surface area contributed by atoms with Crippen molar-refractivity contribution in [3.8, 4) is 5.75 Å². The van der Waals surface area contributed by atoms with Crippen molar-refractivity contribution in [2.45, 2.75) is 18.6 Å². The van der Waals surface area contributed by atoms with E-state index in [0.29, 0.717) is 17.2 Å². The van der Waals surface area contributed by atoms with Gasteiger partial charge in [-0.2, -0.15) is 0 Å². The number of aromatic amines is 1. The van der Waals surface area contributed by atoms with Crippen LogP contribution in [0.4, 0.5) is 5.69 Å². The lowest BCUT2D eigenvalue weighted by Crippen LogP contribution is -2.35. The molecule has 0 bridgehead atoms. The molecule has 30 heavy (non-hydrogen) atoms. The van der Waals surface area contributed by atoms with Gasteiger partial charge in [0.2, 0.25) is 5.91 Å². The smallest absolute Gasteiger partial charge is 0.317 e. The zero-order valence-electron chi connectivity index (χ0n) is 17.0. The van der Waals surface area contributed by atoms with Crippen LogP contribution in [0.3, 0.4) is 0 Å². The number of hydrogen-bond donors (Lipinski definition) is 2. The van der Waals surface area contributed by atoms with Crippen LogP contribution >= 0.6 is 11.8 Å². The minimum Gasteiger partial charge on any atom is -0.495 e. The largest absolute Gasteiger partial charge is 0.495 e. The molecule has 1 heterocycles.